The van der Waals surface area contributed by atoms with E-state index in [0.29, 0.717) is 26.2 Å². The summed E-state index contributed by atoms with van der Waals surface area (Å²) in [6, 6.07) is 7.99. The SMILES string of the molecule is Oc1c(Br)cc(CNc2ccc(Cl)cc2F)cc1Br. The van der Waals surface area contributed by atoms with Crippen LogP contribution in [0.1, 0.15) is 5.56 Å². The van der Waals surface area contributed by atoms with Crippen LogP contribution in [0.5, 0.6) is 5.75 Å². The molecule has 0 saturated heterocycles. The van der Waals surface area contributed by atoms with Crippen LogP contribution in [0.2, 0.25) is 5.02 Å². The maximum absolute atomic E-state index is 13.6. The summed E-state index contributed by atoms with van der Waals surface area (Å²) in [6.45, 7) is 0.427. The Morgan fingerprint density at radius 3 is 2.37 bits per heavy atom. The standard InChI is InChI=1S/C13H9Br2ClFNO/c14-9-3-7(4-10(15)13(9)19)6-18-12-2-1-8(16)5-11(12)17/h1-5,18-19H,6H2. The lowest BCUT2D eigenvalue weighted by molar-refractivity contribution is 0.468. The number of phenolic OH excluding ortho intramolecular Hbond substituents is 1. The fraction of sp³-hybridized carbons (Fsp3) is 0.0769. The first-order chi connectivity index (χ1) is 8.97. The molecule has 2 rings (SSSR count). The minimum atomic E-state index is -0.399. The van der Waals surface area contributed by atoms with Gasteiger partial charge in [0, 0.05) is 11.6 Å². The van der Waals surface area contributed by atoms with Gasteiger partial charge in [-0.05, 0) is 67.8 Å². The summed E-state index contributed by atoms with van der Waals surface area (Å²) >= 11 is 12.2. The van der Waals surface area contributed by atoms with E-state index < -0.39 is 5.82 Å². The van der Waals surface area contributed by atoms with Crippen LogP contribution in [0.4, 0.5) is 10.1 Å². The molecule has 0 amide bonds. The molecular formula is C13H9Br2ClFNO. The monoisotopic (exact) mass is 407 g/mol. The van der Waals surface area contributed by atoms with Gasteiger partial charge in [0.1, 0.15) is 11.6 Å². The molecular weight excluding hydrogens is 400 g/mol. The third kappa shape index (κ3) is 3.61. The van der Waals surface area contributed by atoms with E-state index in [-0.39, 0.29) is 5.75 Å². The third-order valence-electron chi connectivity index (χ3n) is 2.49. The van der Waals surface area contributed by atoms with Crippen molar-refractivity contribution in [3.63, 3.8) is 0 Å². The van der Waals surface area contributed by atoms with Crippen molar-refractivity contribution in [2.24, 2.45) is 0 Å². The van der Waals surface area contributed by atoms with Crippen molar-refractivity contribution in [1.82, 2.24) is 0 Å². The second-order valence-corrected chi connectivity index (χ2v) is 6.03. The van der Waals surface area contributed by atoms with Crippen LogP contribution in [0, 0.1) is 5.82 Å². The molecule has 0 unspecified atom stereocenters. The van der Waals surface area contributed by atoms with Crippen LogP contribution in [-0.4, -0.2) is 5.11 Å². The maximum atomic E-state index is 13.6. The van der Waals surface area contributed by atoms with Gasteiger partial charge in [0.15, 0.2) is 0 Å². The number of nitrogens with one attached hydrogen (secondary N) is 1. The van der Waals surface area contributed by atoms with E-state index in [9.17, 15) is 9.50 Å². The zero-order valence-corrected chi connectivity index (χ0v) is 13.5. The Labute approximate surface area is 131 Å². The highest BCUT2D eigenvalue weighted by Crippen LogP contribution is 2.33. The average Bonchev–Trinajstić information content (AvgIpc) is 2.34. The lowest BCUT2D eigenvalue weighted by Crippen LogP contribution is -2.01. The summed E-state index contributed by atoms with van der Waals surface area (Å²) in [5.41, 5.74) is 1.27. The summed E-state index contributed by atoms with van der Waals surface area (Å²) in [7, 11) is 0. The highest BCUT2D eigenvalue weighted by molar-refractivity contribution is 9.11. The predicted octanol–water partition coefficient (Wildman–Crippen LogP) is 5.32. The van der Waals surface area contributed by atoms with E-state index >= 15 is 0 Å². The number of aromatic hydroxyl groups is 1. The predicted molar refractivity (Wildman–Crippen MR) is 82.2 cm³/mol. The van der Waals surface area contributed by atoms with Crippen LogP contribution >= 0.6 is 43.5 Å². The summed E-state index contributed by atoms with van der Waals surface area (Å²) in [5.74, 6) is -0.258. The van der Waals surface area contributed by atoms with E-state index in [1.165, 1.54) is 6.07 Å². The number of rotatable bonds is 3. The van der Waals surface area contributed by atoms with Crippen molar-refractivity contribution >= 4 is 49.1 Å². The van der Waals surface area contributed by atoms with Gasteiger partial charge in [-0.3, -0.25) is 0 Å². The first kappa shape index (κ1) is 14.6. The highest BCUT2D eigenvalue weighted by Gasteiger charge is 2.07. The zero-order valence-electron chi connectivity index (χ0n) is 9.55. The van der Waals surface area contributed by atoms with E-state index in [0.717, 1.165) is 5.56 Å². The number of anilines is 1. The van der Waals surface area contributed by atoms with Gasteiger partial charge < -0.3 is 10.4 Å². The van der Waals surface area contributed by atoms with Gasteiger partial charge in [0.05, 0.1) is 14.6 Å². The third-order valence-corrected chi connectivity index (χ3v) is 3.93. The molecule has 100 valence electrons. The zero-order chi connectivity index (χ0) is 14.0. The molecule has 6 heteroatoms. The minimum Gasteiger partial charge on any atom is -0.506 e. The van der Waals surface area contributed by atoms with Crippen molar-refractivity contribution in [1.29, 1.82) is 0 Å². The molecule has 0 spiro atoms. The Morgan fingerprint density at radius 1 is 1.16 bits per heavy atom. The van der Waals surface area contributed by atoms with E-state index in [2.05, 4.69) is 37.2 Å². The molecule has 2 N–H and O–H groups in total. The molecule has 2 nitrogen and oxygen atoms in total. The van der Waals surface area contributed by atoms with Crippen molar-refractivity contribution in [3.05, 3.63) is 55.7 Å². The van der Waals surface area contributed by atoms with Crippen LogP contribution in [0.3, 0.4) is 0 Å². The summed E-state index contributed by atoms with van der Waals surface area (Å²) in [6.07, 6.45) is 0. The largest absolute Gasteiger partial charge is 0.506 e. The van der Waals surface area contributed by atoms with Crippen molar-refractivity contribution in [3.8, 4) is 5.75 Å². The number of halogens is 4. The molecule has 0 aliphatic rings. The molecule has 0 aromatic heterocycles. The van der Waals surface area contributed by atoms with Crippen LogP contribution < -0.4 is 5.32 Å². The molecule has 0 aliphatic carbocycles. The fourth-order valence-corrected chi connectivity index (χ4v) is 2.99. The lowest BCUT2D eigenvalue weighted by Gasteiger charge is -2.10. The first-order valence-corrected chi connectivity index (χ1v) is 7.29. The number of benzene rings is 2. The second-order valence-electron chi connectivity index (χ2n) is 3.89. The molecule has 0 heterocycles. The highest BCUT2D eigenvalue weighted by atomic mass is 79.9. The quantitative estimate of drug-likeness (QED) is 0.719. The second kappa shape index (κ2) is 6.11. The molecule has 0 fully saturated rings. The van der Waals surface area contributed by atoms with Gasteiger partial charge in [0.25, 0.3) is 0 Å². The Balaban J connectivity index is 2.14. The van der Waals surface area contributed by atoms with Crippen molar-refractivity contribution in [2.45, 2.75) is 6.54 Å². The fourth-order valence-electron chi connectivity index (χ4n) is 1.55. The first-order valence-electron chi connectivity index (χ1n) is 5.33. The molecule has 0 atom stereocenters. The van der Waals surface area contributed by atoms with Gasteiger partial charge in [-0.2, -0.15) is 0 Å². The molecule has 0 aliphatic heterocycles. The topological polar surface area (TPSA) is 32.3 Å². The number of hydrogen-bond acceptors (Lipinski definition) is 2. The molecule has 0 radical (unpaired) electrons. The minimum absolute atomic E-state index is 0.140. The summed E-state index contributed by atoms with van der Waals surface area (Å²) < 4.78 is 14.7. The smallest absolute Gasteiger partial charge is 0.147 e. The number of hydrogen-bond donors (Lipinski definition) is 2. The molecule has 2 aromatic rings. The summed E-state index contributed by atoms with van der Waals surface area (Å²) in [5, 5.41) is 12.9. The van der Waals surface area contributed by atoms with Gasteiger partial charge >= 0.3 is 0 Å². The molecule has 0 bridgehead atoms. The van der Waals surface area contributed by atoms with Crippen molar-refractivity contribution in [2.75, 3.05) is 5.32 Å². The Kier molecular flexibility index (Phi) is 4.71. The normalized spacial score (nSPS) is 10.5. The maximum Gasteiger partial charge on any atom is 0.147 e. The Hall–Kier alpha value is -0.780. The van der Waals surface area contributed by atoms with E-state index in [1.54, 1.807) is 24.3 Å². The van der Waals surface area contributed by atoms with Gasteiger partial charge in [-0.1, -0.05) is 11.6 Å². The van der Waals surface area contributed by atoms with Gasteiger partial charge in [-0.15, -0.1) is 0 Å². The van der Waals surface area contributed by atoms with Crippen LogP contribution in [0.25, 0.3) is 0 Å². The van der Waals surface area contributed by atoms with Crippen LogP contribution in [-0.2, 0) is 6.54 Å². The van der Waals surface area contributed by atoms with Crippen molar-refractivity contribution < 1.29 is 9.50 Å². The van der Waals surface area contributed by atoms with E-state index in [1.807, 2.05) is 0 Å². The Morgan fingerprint density at radius 2 is 1.79 bits per heavy atom. The molecule has 2 aromatic carbocycles. The average molecular weight is 409 g/mol. The number of phenols is 1. The lowest BCUT2D eigenvalue weighted by atomic mass is 10.2. The van der Waals surface area contributed by atoms with Crippen LogP contribution in [0.15, 0.2) is 39.3 Å². The molecule has 0 saturated carbocycles. The van der Waals surface area contributed by atoms with E-state index in [4.69, 9.17) is 11.6 Å². The van der Waals surface area contributed by atoms with Gasteiger partial charge in [-0.25, -0.2) is 4.39 Å². The summed E-state index contributed by atoms with van der Waals surface area (Å²) in [4.78, 5) is 0. The Bertz CT molecular complexity index is 599. The van der Waals surface area contributed by atoms with Gasteiger partial charge in [0.2, 0.25) is 0 Å². The molecule has 19 heavy (non-hydrogen) atoms.